The van der Waals surface area contributed by atoms with Gasteiger partial charge in [-0.05, 0) is 31.6 Å². The van der Waals surface area contributed by atoms with Crippen LogP contribution < -0.4 is 0 Å². The molecule has 0 heterocycles. The van der Waals surface area contributed by atoms with Crippen molar-refractivity contribution in [2.75, 3.05) is 39.6 Å². The lowest BCUT2D eigenvalue weighted by Crippen LogP contribution is -2.30. The molecule has 0 saturated carbocycles. The third-order valence-corrected chi connectivity index (χ3v) is 20.5. The Kier molecular flexibility index (Phi) is 69.6. The van der Waals surface area contributed by atoms with E-state index >= 15 is 0 Å². The van der Waals surface area contributed by atoms with E-state index in [0.29, 0.717) is 25.7 Å². The maximum absolute atomic E-state index is 13.1. The van der Waals surface area contributed by atoms with E-state index in [1.807, 2.05) is 0 Å². The molecule has 0 bridgehead atoms. The number of phosphoric ester groups is 2. The van der Waals surface area contributed by atoms with Crippen LogP contribution in [0.2, 0.25) is 0 Å². The maximum atomic E-state index is 13.1. The van der Waals surface area contributed by atoms with Crippen molar-refractivity contribution in [2.24, 2.45) is 5.92 Å². The molecule has 0 rings (SSSR count). The smallest absolute Gasteiger partial charge is 0.462 e. The summed E-state index contributed by atoms with van der Waals surface area (Å²) < 4.78 is 68.6. The lowest BCUT2D eigenvalue weighted by Gasteiger charge is -2.21. The number of aliphatic hydroxyl groups is 1. The van der Waals surface area contributed by atoms with Crippen molar-refractivity contribution in [1.82, 2.24) is 0 Å². The fraction of sp³-hybridized carbons (Fsp3) is 0.949. The zero-order valence-corrected chi connectivity index (χ0v) is 65.0. The Bertz CT molecular complexity index is 1860. The first-order chi connectivity index (χ1) is 47.1. The van der Waals surface area contributed by atoms with E-state index in [-0.39, 0.29) is 25.7 Å². The van der Waals surface area contributed by atoms with Crippen LogP contribution in [-0.2, 0) is 65.4 Å². The highest BCUT2D eigenvalue weighted by Crippen LogP contribution is 2.45. The Balaban J connectivity index is 5.23. The average Bonchev–Trinajstić information content (AvgIpc) is 2.31. The Labute approximate surface area is 594 Å². The third kappa shape index (κ3) is 70.9. The number of phosphoric acid groups is 2. The van der Waals surface area contributed by atoms with Gasteiger partial charge in [0.15, 0.2) is 12.2 Å². The zero-order chi connectivity index (χ0) is 71.2. The van der Waals surface area contributed by atoms with Gasteiger partial charge in [0.05, 0.1) is 26.4 Å². The highest BCUT2D eigenvalue weighted by Gasteiger charge is 2.30. The van der Waals surface area contributed by atoms with E-state index < -0.39 is 97.5 Å². The van der Waals surface area contributed by atoms with Crippen molar-refractivity contribution in [3.63, 3.8) is 0 Å². The van der Waals surface area contributed by atoms with Crippen LogP contribution in [-0.4, -0.2) is 96.7 Å². The van der Waals surface area contributed by atoms with Crippen LogP contribution in [0.3, 0.4) is 0 Å². The maximum Gasteiger partial charge on any atom is 0.472 e. The van der Waals surface area contributed by atoms with E-state index in [1.54, 1.807) is 0 Å². The largest absolute Gasteiger partial charge is 0.472 e. The molecule has 0 spiro atoms. The molecule has 0 radical (unpaired) electrons. The lowest BCUT2D eigenvalue weighted by molar-refractivity contribution is -0.161. The molecule has 0 aromatic rings. The summed E-state index contributed by atoms with van der Waals surface area (Å²) in [5, 5.41) is 10.6. The molecule has 6 atom stereocenters. The first-order valence-electron chi connectivity index (χ1n) is 40.7. The van der Waals surface area contributed by atoms with Gasteiger partial charge in [-0.2, -0.15) is 0 Å². The number of esters is 4. The number of carbonyl (C=O) groups excluding carboxylic acids is 4. The van der Waals surface area contributed by atoms with Crippen molar-refractivity contribution in [2.45, 2.75) is 432 Å². The Morgan fingerprint density at radius 2 is 0.495 bits per heavy atom. The number of unbranched alkanes of at least 4 members (excludes halogenated alkanes) is 49. The molecule has 19 heteroatoms. The van der Waals surface area contributed by atoms with Gasteiger partial charge in [-0.1, -0.05) is 362 Å². The van der Waals surface area contributed by atoms with E-state index in [0.717, 1.165) is 102 Å². The van der Waals surface area contributed by atoms with Crippen LogP contribution >= 0.6 is 15.6 Å². The second kappa shape index (κ2) is 71.1. The van der Waals surface area contributed by atoms with Gasteiger partial charge in [-0.15, -0.1) is 0 Å². The summed E-state index contributed by atoms with van der Waals surface area (Å²) in [4.78, 5) is 72.9. The predicted molar refractivity (Wildman–Crippen MR) is 395 cm³/mol. The third-order valence-electron chi connectivity index (χ3n) is 18.6. The van der Waals surface area contributed by atoms with Crippen molar-refractivity contribution in [3.8, 4) is 0 Å². The molecular weight excluding hydrogens is 1270 g/mol. The molecule has 0 aliphatic carbocycles. The summed E-state index contributed by atoms with van der Waals surface area (Å²) >= 11 is 0. The standard InChI is InChI=1S/C78H152O17P2/c1-6-10-13-16-19-22-25-28-30-31-32-33-35-38-41-44-47-54-59-64-77(82)94-73(67-88-75(80)61-56-51-45-42-39-37-34-29-26-23-20-17-14-11-7-2)69-92-96(84,85)90-65-72(79)66-91-97(86,87)93-70-74(68-89-76(81)62-57-52-49-48-50-55-60-71(5)9-4)95-78(83)63-58-53-46-43-40-36-27-24-21-18-15-12-8-3/h71-74,79H,6-70H2,1-5H3,(H,84,85)(H,86,87)/t71?,72-,73-,74-/m1/s1. The van der Waals surface area contributed by atoms with E-state index in [1.165, 1.54) is 231 Å². The Hall–Kier alpha value is -1.94. The summed E-state index contributed by atoms with van der Waals surface area (Å²) in [6.07, 6.45) is 61.0. The number of hydrogen-bond donors (Lipinski definition) is 3. The number of hydrogen-bond acceptors (Lipinski definition) is 15. The van der Waals surface area contributed by atoms with Crippen molar-refractivity contribution in [3.05, 3.63) is 0 Å². The number of rotatable bonds is 78. The number of carbonyl (C=O) groups is 4. The van der Waals surface area contributed by atoms with E-state index in [4.69, 9.17) is 37.0 Å². The molecule has 0 amide bonds. The first-order valence-corrected chi connectivity index (χ1v) is 43.7. The predicted octanol–water partition coefficient (Wildman–Crippen LogP) is 23.3. The molecule has 576 valence electrons. The summed E-state index contributed by atoms with van der Waals surface area (Å²) in [7, 11) is -9.91. The normalized spacial score (nSPS) is 14.2. The minimum atomic E-state index is -4.96. The lowest BCUT2D eigenvalue weighted by atomic mass is 10.00. The van der Waals surface area contributed by atoms with Crippen LogP contribution in [0, 0.1) is 5.92 Å². The van der Waals surface area contributed by atoms with Crippen molar-refractivity contribution < 1.29 is 80.2 Å². The fourth-order valence-electron chi connectivity index (χ4n) is 12.0. The second-order valence-corrected chi connectivity index (χ2v) is 31.3. The zero-order valence-electron chi connectivity index (χ0n) is 63.2. The SMILES string of the molecule is CCCCCCCCCCCCCCCCCCCCCC(=O)O[C@H](COC(=O)CCCCCCCCCCCCCCCCC)COP(=O)(O)OC[C@@H](O)COP(=O)(O)OC[C@@H](COC(=O)CCCCCCCCC(C)CC)OC(=O)CCCCCCCCCCCCCCC. The van der Waals surface area contributed by atoms with Gasteiger partial charge in [-0.3, -0.25) is 37.3 Å². The molecule has 0 aliphatic heterocycles. The van der Waals surface area contributed by atoms with Gasteiger partial charge >= 0.3 is 39.5 Å². The molecule has 0 aromatic carbocycles. The summed E-state index contributed by atoms with van der Waals surface area (Å²) in [5.74, 6) is -1.38. The van der Waals surface area contributed by atoms with Crippen LogP contribution in [0.15, 0.2) is 0 Å². The van der Waals surface area contributed by atoms with Crippen LogP contribution in [0.5, 0.6) is 0 Å². The minimum Gasteiger partial charge on any atom is -0.462 e. The molecule has 0 fully saturated rings. The Morgan fingerprint density at radius 1 is 0.289 bits per heavy atom. The molecule has 3 N–H and O–H groups in total. The van der Waals surface area contributed by atoms with Crippen LogP contribution in [0.4, 0.5) is 0 Å². The van der Waals surface area contributed by atoms with Gasteiger partial charge in [0.2, 0.25) is 0 Å². The fourth-order valence-corrected chi connectivity index (χ4v) is 13.6. The minimum absolute atomic E-state index is 0.107. The quantitative estimate of drug-likeness (QED) is 0.0222. The molecule has 17 nitrogen and oxygen atoms in total. The van der Waals surface area contributed by atoms with Gasteiger partial charge in [0, 0.05) is 25.7 Å². The molecular formula is C78H152O17P2. The van der Waals surface area contributed by atoms with Crippen molar-refractivity contribution >= 4 is 39.5 Å². The average molecular weight is 1420 g/mol. The monoisotopic (exact) mass is 1420 g/mol. The van der Waals surface area contributed by atoms with Crippen LogP contribution in [0.1, 0.15) is 413 Å². The van der Waals surface area contributed by atoms with Gasteiger partial charge in [-0.25, -0.2) is 9.13 Å². The molecule has 0 saturated heterocycles. The second-order valence-electron chi connectivity index (χ2n) is 28.3. The summed E-state index contributed by atoms with van der Waals surface area (Å²) in [6, 6.07) is 0. The van der Waals surface area contributed by atoms with Gasteiger partial charge in [0.1, 0.15) is 19.3 Å². The summed E-state index contributed by atoms with van der Waals surface area (Å²) in [5.41, 5.74) is 0. The van der Waals surface area contributed by atoms with Gasteiger partial charge < -0.3 is 33.8 Å². The van der Waals surface area contributed by atoms with E-state index in [2.05, 4.69) is 34.6 Å². The number of ether oxygens (including phenoxy) is 4. The topological polar surface area (TPSA) is 237 Å². The molecule has 3 unspecified atom stereocenters. The number of aliphatic hydroxyl groups excluding tert-OH is 1. The molecule has 0 aromatic heterocycles. The molecule has 0 aliphatic rings. The molecule has 97 heavy (non-hydrogen) atoms. The Morgan fingerprint density at radius 3 is 0.732 bits per heavy atom. The highest BCUT2D eigenvalue weighted by atomic mass is 31.2. The highest BCUT2D eigenvalue weighted by molar-refractivity contribution is 7.47. The summed E-state index contributed by atoms with van der Waals surface area (Å²) in [6.45, 7) is 7.27. The van der Waals surface area contributed by atoms with Crippen molar-refractivity contribution in [1.29, 1.82) is 0 Å². The van der Waals surface area contributed by atoms with Crippen LogP contribution in [0.25, 0.3) is 0 Å². The van der Waals surface area contributed by atoms with Gasteiger partial charge in [0.25, 0.3) is 0 Å². The first kappa shape index (κ1) is 95.1. The van der Waals surface area contributed by atoms with E-state index in [9.17, 15) is 43.2 Å².